The zero-order valence-electron chi connectivity index (χ0n) is 18.4. The van der Waals surface area contributed by atoms with Gasteiger partial charge in [0.15, 0.2) is 5.16 Å². The Kier molecular flexibility index (Phi) is 5.25. The predicted molar refractivity (Wildman–Crippen MR) is 127 cm³/mol. The van der Waals surface area contributed by atoms with Gasteiger partial charge in [0.1, 0.15) is 0 Å². The second kappa shape index (κ2) is 8.09. The largest absolute Gasteiger partial charge is 0.308 e. The van der Waals surface area contributed by atoms with Gasteiger partial charge in [-0.2, -0.15) is 0 Å². The molecule has 0 radical (unpaired) electrons. The van der Waals surface area contributed by atoms with Crippen molar-refractivity contribution in [2.24, 2.45) is 5.92 Å². The highest BCUT2D eigenvalue weighted by Gasteiger charge is 2.30. The molecule has 0 aliphatic carbocycles. The van der Waals surface area contributed by atoms with Crippen molar-refractivity contribution in [3.63, 3.8) is 0 Å². The van der Waals surface area contributed by atoms with Crippen LogP contribution in [-0.4, -0.2) is 36.9 Å². The van der Waals surface area contributed by atoms with Crippen LogP contribution < -0.4 is 10.5 Å². The third kappa shape index (κ3) is 3.39. The number of carbonyl (C=O) groups is 1. The van der Waals surface area contributed by atoms with Crippen molar-refractivity contribution in [1.29, 1.82) is 0 Å². The van der Waals surface area contributed by atoms with E-state index < -0.39 is 0 Å². The summed E-state index contributed by atoms with van der Waals surface area (Å²) in [6, 6.07) is 15.7. The molecule has 32 heavy (non-hydrogen) atoms. The van der Waals surface area contributed by atoms with Crippen LogP contribution in [0.5, 0.6) is 0 Å². The summed E-state index contributed by atoms with van der Waals surface area (Å²) in [5.74, 6) is 1.09. The highest BCUT2D eigenvalue weighted by atomic mass is 32.2. The normalized spacial score (nSPS) is 15.8. The van der Waals surface area contributed by atoms with Gasteiger partial charge >= 0.3 is 0 Å². The molecule has 0 spiro atoms. The molecule has 1 aliphatic rings. The van der Waals surface area contributed by atoms with Gasteiger partial charge in [0.05, 0.1) is 16.7 Å². The van der Waals surface area contributed by atoms with Gasteiger partial charge in [0.2, 0.25) is 11.7 Å². The average molecular weight is 448 g/mol. The fourth-order valence-corrected chi connectivity index (χ4v) is 5.30. The Hall–Kier alpha value is -3.13. The number of benzene rings is 2. The van der Waals surface area contributed by atoms with Crippen molar-refractivity contribution in [3.05, 3.63) is 64.4 Å². The van der Waals surface area contributed by atoms with Gasteiger partial charge in [-0.1, -0.05) is 55.9 Å². The first-order valence-corrected chi connectivity index (χ1v) is 11.8. The summed E-state index contributed by atoms with van der Waals surface area (Å²) in [6.45, 7) is 6.76. The first-order chi connectivity index (χ1) is 15.5. The van der Waals surface area contributed by atoms with Crippen molar-refractivity contribution in [1.82, 2.24) is 19.2 Å². The maximum Gasteiger partial charge on any atom is 0.262 e. The molecule has 7 nitrogen and oxygen atoms in total. The monoisotopic (exact) mass is 447 g/mol. The first kappa shape index (κ1) is 20.8. The van der Waals surface area contributed by atoms with Crippen LogP contribution in [-0.2, 0) is 17.8 Å². The number of carbonyl (C=O) groups excluding carboxylic acids is 1. The molecule has 0 saturated carbocycles. The van der Waals surface area contributed by atoms with Gasteiger partial charge < -0.3 is 4.90 Å². The summed E-state index contributed by atoms with van der Waals surface area (Å²) < 4.78 is 3.59. The number of thioether (sulfide) groups is 1. The second-order valence-electron chi connectivity index (χ2n) is 8.68. The summed E-state index contributed by atoms with van der Waals surface area (Å²) in [7, 11) is 0. The van der Waals surface area contributed by atoms with E-state index in [2.05, 4.69) is 37.0 Å². The van der Waals surface area contributed by atoms with E-state index in [1.54, 1.807) is 4.57 Å². The Morgan fingerprint density at radius 2 is 1.88 bits per heavy atom. The van der Waals surface area contributed by atoms with Gasteiger partial charge in [0.25, 0.3) is 5.56 Å². The van der Waals surface area contributed by atoms with E-state index in [9.17, 15) is 9.59 Å². The Bertz CT molecular complexity index is 1390. The average Bonchev–Trinajstić information content (AvgIpc) is 3.35. The number of hydrogen-bond donors (Lipinski definition) is 0. The second-order valence-corrected chi connectivity index (χ2v) is 9.62. The molecule has 1 atom stereocenters. The van der Waals surface area contributed by atoms with Crippen molar-refractivity contribution in [2.45, 2.75) is 44.9 Å². The van der Waals surface area contributed by atoms with Crippen LogP contribution in [0, 0.1) is 5.92 Å². The third-order valence-corrected chi connectivity index (χ3v) is 6.74. The maximum absolute atomic E-state index is 13.2. The van der Waals surface area contributed by atoms with Gasteiger partial charge in [0, 0.05) is 18.3 Å². The lowest BCUT2D eigenvalue weighted by Crippen LogP contribution is -2.37. The quantitative estimate of drug-likeness (QED) is 0.436. The van der Waals surface area contributed by atoms with Gasteiger partial charge in [-0.25, -0.2) is 0 Å². The summed E-state index contributed by atoms with van der Waals surface area (Å²) in [6.07, 6.45) is 0.868. The molecule has 164 valence electrons. The van der Waals surface area contributed by atoms with Crippen LogP contribution in [0.25, 0.3) is 16.7 Å². The lowest BCUT2D eigenvalue weighted by molar-refractivity contribution is -0.116. The van der Waals surface area contributed by atoms with Crippen LogP contribution >= 0.6 is 11.8 Å². The molecule has 5 rings (SSSR count). The fraction of sp³-hybridized carbons (Fsp3) is 0.333. The van der Waals surface area contributed by atoms with E-state index in [1.165, 1.54) is 17.3 Å². The van der Waals surface area contributed by atoms with Crippen LogP contribution in [0.2, 0.25) is 0 Å². The maximum atomic E-state index is 13.2. The summed E-state index contributed by atoms with van der Waals surface area (Å²) >= 11 is 1.36. The standard InChI is InChI=1S/C24H25N5O2S/c1-15(2)13-27-22(31)18-9-5-7-11-20(18)29-23(27)25-26-24(29)32-14-21(30)28-16(3)12-17-8-4-6-10-19(17)28/h4-11,15-16H,12-14H2,1-3H3/t16-/m0/s1. The zero-order valence-corrected chi connectivity index (χ0v) is 19.2. The van der Waals surface area contributed by atoms with E-state index in [4.69, 9.17) is 0 Å². The fourth-order valence-electron chi connectivity index (χ4n) is 4.50. The Morgan fingerprint density at radius 3 is 2.69 bits per heavy atom. The third-order valence-electron chi connectivity index (χ3n) is 5.83. The number of anilines is 1. The van der Waals surface area contributed by atoms with Gasteiger partial charge in [-0.15, -0.1) is 10.2 Å². The molecule has 0 fully saturated rings. The lowest BCUT2D eigenvalue weighted by Gasteiger charge is -2.22. The van der Waals surface area contributed by atoms with E-state index >= 15 is 0 Å². The molecular formula is C24H25N5O2S. The molecule has 0 bridgehead atoms. The predicted octanol–water partition coefficient (Wildman–Crippen LogP) is 3.77. The number of para-hydroxylation sites is 2. The Labute approximate surface area is 190 Å². The molecule has 8 heteroatoms. The van der Waals surface area contributed by atoms with Crippen molar-refractivity contribution >= 4 is 40.0 Å². The highest BCUT2D eigenvalue weighted by molar-refractivity contribution is 7.99. The number of nitrogens with zero attached hydrogens (tertiary/aromatic N) is 5. The summed E-state index contributed by atoms with van der Waals surface area (Å²) in [5, 5.41) is 9.94. The van der Waals surface area contributed by atoms with Crippen LogP contribution in [0.15, 0.2) is 58.5 Å². The summed E-state index contributed by atoms with van der Waals surface area (Å²) in [4.78, 5) is 28.2. The molecule has 4 aromatic rings. The van der Waals surface area contributed by atoms with Gasteiger partial charge in [-0.3, -0.25) is 18.6 Å². The summed E-state index contributed by atoms with van der Waals surface area (Å²) in [5.41, 5.74) is 2.89. The minimum absolute atomic E-state index is 0.0454. The number of amides is 1. The molecule has 0 N–H and O–H groups in total. The molecule has 3 heterocycles. The van der Waals surface area contributed by atoms with E-state index in [0.717, 1.165) is 17.6 Å². The number of hydrogen-bond acceptors (Lipinski definition) is 5. The van der Waals surface area contributed by atoms with Crippen molar-refractivity contribution in [3.8, 4) is 0 Å². The van der Waals surface area contributed by atoms with Crippen LogP contribution in [0.4, 0.5) is 5.69 Å². The number of rotatable bonds is 5. The molecule has 2 aromatic heterocycles. The van der Waals surface area contributed by atoms with Crippen LogP contribution in [0.1, 0.15) is 26.3 Å². The minimum atomic E-state index is -0.0654. The molecule has 0 unspecified atom stereocenters. The SMILES string of the molecule is CC(C)Cn1c(=O)c2ccccc2n2c(SCC(=O)N3c4ccccc4C[C@@H]3C)nnc12. The van der Waals surface area contributed by atoms with Crippen molar-refractivity contribution < 1.29 is 4.79 Å². The van der Waals surface area contributed by atoms with E-state index in [-0.39, 0.29) is 29.2 Å². The smallest absolute Gasteiger partial charge is 0.262 e. The molecule has 1 amide bonds. The van der Waals surface area contributed by atoms with E-state index in [1.807, 2.05) is 51.8 Å². The lowest BCUT2D eigenvalue weighted by atomic mass is 10.1. The molecule has 1 aliphatic heterocycles. The zero-order chi connectivity index (χ0) is 22.4. The molecule has 2 aromatic carbocycles. The molecule has 0 saturated heterocycles. The van der Waals surface area contributed by atoms with Gasteiger partial charge in [-0.05, 0) is 43.0 Å². The highest BCUT2D eigenvalue weighted by Crippen LogP contribution is 2.33. The number of fused-ring (bicyclic) bond motifs is 4. The minimum Gasteiger partial charge on any atom is -0.308 e. The Balaban J connectivity index is 1.51. The van der Waals surface area contributed by atoms with Crippen LogP contribution in [0.3, 0.4) is 0 Å². The van der Waals surface area contributed by atoms with E-state index in [0.29, 0.717) is 22.9 Å². The topological polar surface area (TPSA) is 72.5 Å². The first-order valence-electron chi connectivity index (χ1n) is 10.8. The Morgan fingerprint density at radius 1 is 1.12 bits per heavy atom. The molecular weight excluding hydrogens is 422 g/mol. The number of aromatic nitrogens is 4. The van der Waals surface area contributed by atoms with Crippen molar-refractivity contribution in [2.75, 3.05) is 10.7 Å².